The molecule has 2 aromatic heterocycles. The zero-order valence-electron chi connectivity index (χ0n) is 23.0. The summed E-state index contributed by atoms with van der Waals surface area (Å²) in [7, 11) is 2.19. The normalized spacial score (nSPS) is 17.4. The minimum Gasteiger partial charge on any atom is -0.383 e. The lowest BCUT2D eigenvalue weighted by atomic mass is 9.95. The number of nitrogens with two attached hydrogens (primary N) is 1. The molecule has 1 aliphatic heterocycles. The Morgan fingerprint density at radius 1 is 0.875 bits per heavy atom. The van der Waals surface area contributed by atoms with Crippen molar-refractivity contribution < 1.29 is 0 Å². The van der Waals surface area contributed by atoms with Crippen LogP contribution in [0.2, 0.25) is 10.0 Å². The summed E-state index contributed by atoms with van der Waals surface area (Å²) in [4.78, 5) is 9.51. The van der Waals surface area contributed by atoms with E-state index in [4.69, 9.17) is 34.0 Å². The van der Waals surface area contributed by atoms with Gasteiger partial charge >= 0.3 is 0 Å². The smallest absolute Gasteiger partial charge is 0.132 e. The van der Waals surface area contributed by atoms with E-state index in [1.165, 1.54) is 24.8 Å². The van der Waals surface area contributed by atoms with Crippen LogP contribution in [-0.4, -0.2) is 57.8 Å². The van der Waals surface area contributed by atoms with Gasteiger partial charge in [0.05, 0.1) is 16.1 Å². The molecule has 0 radical (unpaired) electrons. The molecule has 6 nitrogen and oxygen atoms in total. The van der Waals surface area contributed by atoms with Gasteiger partial charge in [-0.1, -0.05) is 78.9 Å². The quantitative estimate of drug-likeness (QED) is 0.259. The number of anilines is 1. The maximum atomic E-state index is 6.72. The van der Waals surface area contributed by atoms with Gasteiger partial charge < -0.3 is 10.6 Å². The predicted octanol–water partition coefficient (Wildman–Crippen LogP) is 7.42. The van der Waals surface area contributed by atoms with Crippen LogP contribution in [0.1, 0.15) is 43.7 Å². The Balaban J connectivity index is 1.34. The average Bonchev–Trinajstić information content (AvgIpc) is 3.42. The lowest BCUT2D eigenvalue weighted by molar-refractivity contribution is 0.148. The summed E-state index contributed by atoms with van der Waals surface area (Å²) in [5.41, 5.74) is 13.3. The molecular formula is C32H36Cl2N6. The second kappa shape index (κ2) is 11.9. The van der Waals surface area contributed by atoms with E-state index in [1.54, 1.807) is 0 Å². The Hall–Kier alpha value is -2.90. The summed E-state index contributed by atoms with van der Waals surface area (Å²) in [6.45, 7) is 5.43. The number of nitrogens with zero attached hydrogens (tertiary/aromatic N) is 5. The molecule has 0 atom stereocenters. The Morgan fingerprint density at radius 3 is 2.38 bits per heavy atom. The monoisotopic (exact) mass is 574 g/mol. The Labute approximate surface area is 246 Å². The number of benzene rings is 2. The van der Waals surface area contributed by atoms with Crippen molar-refractivity contribution in [3.05, 3.63) is 76.5 Å². The third-order valence-corrected chi connectivity index (χ3v) is 9.20. The van der Waals surface area contributed by atoms with E-state index in [2.05, 4.69) is 63.0 Å². The molecule has 208 valence electrons. The van der Waals surface area contributed by atoms with Gasteiger partial charge in [0, 0.05) is 67.4 Å². The molecule has 6 rings (SSSR count). The Kier molecular flexibility index (Phi) is 8.12. The van der Waals surface area contributed by atoms with Crippen LogP contribution >= 0.6 is 23.2 Å². The molecule has 2 fully saturated rings. The van der Waals surface area contributed by atoms with Gasteiger partial charge in [-0.05, 0) is 43.1 Å². The van der Waals surface area contributed by atoms with Gasteiger partial charge in [0.1, 0.15) is 11.5 Å². The molecule has 0 unspecified atom stereocenters. The van der Waals surface area contributed by atoms with Gasteiger partial charge in [0.25, 0.3) is 0 Å². The molecule has 3 heterocycles. The summed E-state index contributed by atoms with van der Waals surface area (Å²) >= 11 is 13.2. The third kappa shape index (κ3) is 5.77. The first kappa shape index (κ1) is 27.3. The van der Waals surface area contributed by atoms with Crippen LogP contribution in [0.4, 0.5) is 5.82 Å². The number of pyridine rings is 1. The van der Waals surface area contributed by atoms with Crippen LogP contribution < -0.4 is 5.73 Å². The summed E-state index contributed by atoms with van der Waals surface area (Å²) in [6, 6.07) is 17.0. The average molecular weight is 576 g/mol. The molecule has 1 saturated heterocycles. The van der Waals surface area contributed by atoms with Gasteiger partial charge in [0.2, 0.25) is 0 Å². The van der Waals surface area contributed by atoms with E-state index in [0.717, 1.165) is 79.1 Å². The lowest BCUT2D eigenvalue weighted by Crippen LogP contribution is -2.43. The van der Waals surface area contributed by atoms with Gasteiger partial charge in [-0.15, -0.1) is 0 Å². The highest BCUT2D eigenvalue weighted by atomic mass is 35.5. The number of piperazine rings is 1. The molecule has 1 aliphatic carbocycles. The second-order valence-electron chi connectivity index (χ2n) is 11.2. The number of hydrogen-bond donors (Lipinski definition) is 1. The standard InChI is InChI=1S/C32H36Cl2N6/c1-38-14-16-39(17-15-38)20-22-10-12-23(13-11-22)24-18-27(32(35)36-19-24)31-28(26-8-5-9-29(33)30(26)34)21-40(37-31)25-6-3-2-4-7-25/h5,8-13,18-19,21,25H,2-4,6-7,14-17,20H2,1H3,(H2,35,36). The molecule has 0 amide bonds. The van der Waals surface area contributed by atoms with Crippen molar-refractivity contribution in [1.82, 2.24) is 24.6 Å². The van der Waals surface area contributed by atoms with Crippen LogP contribution in [0.3, 0.4) is 0 Å². The fourth-order valence-corrected chi connectivity index (χ4v) is 6.32. The molecule has 4 aromatic rings. The minimum absolute atomic E-state index is 0.365. The first-order valence-corrected chi connectivity index (χ1v) is 15.0. The van der Waals surface area contributed by atoms with Crippen molar-refractivity contribution in [2.45, 2.75) is 44.7 Å². The summed E-state index contributed by atoms with van der Waals surface area (Å²) in [5, 5.41) is 6.16. The number of nitrogen functional groups attached to an aromatic ring is 1. The zero-order chi connectivity index (χ0) is 27.6. The van der Waals surface area contributed by atoms with E-state index in [9.17, 15) is 0 Å². The molecule has 0 bridgehead atoms. The largest absolute Gasteiger partial charge is 0.383 e. The van der Waals surface area contributed by atoms with Crippen molar-refractivity contribution in [3.63, 3.8) is 0 Å². The number of likely N-dealkylation sites (N-methyl/N-ethyl adjacent to an activating group) is 1. The second-order valence-corrected chi connectivity index (χ2v) is 12.0. The minimum atomic E-state index is 0.365. The van der Waals surface area contributed by atoms with Gasteiger partial charge in [-0.25, -0.2) is 4.98 Å². The molecule has 40 heavy (non-hydrogen) atoms. The number of aromatic nitrogens is 3. The van der Waals surface area contributed by atoms with E-state index in [-0.39, 0.29) is 0 Å². The van der Waals surface area contributed by atoms with Crippen molar-refractivity contribution in [2.24, 2.45) is 0 Å². The van der Waals surface area contributed by atoms with E-state index in [1.807, 2.05) is 24.4 Å². The fraction of sp³-hybridized carbons (Fsp3) is 0.375. The van der Waals surface area contributed by atoms with Crippen LogP contribution in [0, 0.1) is 0 Å². The van der Waals surface area contributed by atoms with E-state index >= 15 is 0 Å². The maximum absolute atomic E-state index is 6.72. The summed E-state index contributed by atoms with van der Waals surface area (Å²) in [6.07, 6.45) is 9.93. The number of halogens is 2. The van der Waals surface area contributed by atoms with E-state index in [0.29, 0.717) is 21.9 Å². The predicted molar refractivity (Wildman–Crippen MR) is 166 cm³/mol. The summed E-state index contributed by atoms with van der Waals surface area (Å²) < 4.78 is 2.11. The van der Waals surface area contributed by atoms with Crippen LogP contribution in [0.5, 0.6) is 0 Å². The van der Waals surface area contributed by atoms with Crippen molar-refractivity contribution >= 4 is 29.0 Å². The topological polar surface area (TPSA) is 63.2 Å². The van der Waals surface area contributed by atoms with Crippen LogP contribution in [-0.2, 0) is 6.54 Å². The Bertz CT molecular complexity index is 1470. The lowest BCUT2D eigenvalue weighted by Gasteiger charge is -2.32. The van der Waals surface area contributed by atoms with Crippen molar-refractivity contribution in [2.75, 3.05) is 39.0 Å². The first-order chi connectivity index (χ1) is 19.5. The van der Waals surface area contributed by atoms with Gasteiger partial charge in [-0.2, -0.15) is 5.10 Å². The highest BCUT2D eigenvalue weighted by Gasteiger charge is 2.24. The maximum Gasteiger partial charge on any atom is 0.132 e. The molecule has 0 spiro atoms. The first-order valence-electron chi connectivity index (χ1n) is 14.3. The zero-order valence-corrected chi connectivity index (χ0v) is 24.5. The fourth-order valence-electron chi connectivity index (χ4n) is 5.92. The molecule has 2 N–H and O–H groups in total. The summed E-state index contributed by atoms with van der Waals surface area (Å²) in [5.74, 6) is 0.448. The molecule has 8 heteroatoms. The van der Waals surface area contributed by atoms with Gasteiger partial charge in [-0.3, -0.25) is 9.58 Å². The molecule has 2 aromatic carbocycles. The number of rotatable bonds is 6. The molecule has 1 saturated carbocycles. The SMILES string of the molecule is CN1CCN(Cc2ccc(-c3cnc(N)c(-c4nn(C5CCCCC5)cc4-c4cccc(Cl)c4Cl)c3)cc2)CC1. The molecular weight excluding hydrogens is 539 g/mol. The Morgan fingerprint density at radius 2 is 1.62 bits per heavy atom. The highest BCUT2D eigenvalue weighted by molar-refractivity contribution is 6.43. The van der Waals surface area contributed by atoms with Crippen molar-refractivity contribution in [1.29, 1.82) is 0 Å². The van der Waals surface area contributed by atoms with Crippen molar-refractivity contribution in [3.8, 4) is 33.5 Å². The third-order valence-electron chi connectivity index (χ3n) is 8.39. The van der Waals surface area contributed by atoms with Gasteiger partial charge in [0.15, 0.2) is 0 Å². The van der Waals surface area contributed by atoms with Crippen LogP contribution in [0.15, 0.2) is 60.9 Å². The van der Waals surface area contributed by atoms with E-state index < -0.39 is 0 Å². The highest BCUT2D eigenvalue weighted by Crippen LogP contribution is 2.42. The van der Waals surface area contributed by atoms with Crippen LogP contribution in [0.25, 0.3) is 33.5 Å². The molecule has 2 aliphatic rings. The number of hydrogen-bond acceptors (Lipinski definition) is 5.